The molecule has 1 aromatic heterocycles. The fourth-order valence-corrected chi connectivity index (χ4v) is 2.62. The van der Waals surface area contributed by atoms with Crippen molar-refractivity contribution in [2.45, 2.75) is 39.7 Å². The molecule has 20 heavy (non-hydrogen) atoms. The van der Waals surface area contributed by atoms with Crippen molar-refractivity contribution >= 4 is 28.2 Å². The third-order valence-corrected chi connectivity index (χ3v) is 3.83. The summed E-state index contributed by atoms with van der Waals surface area (Å²) in [5, 5.41) is 12.7. The number of aromatic nitrogens is 1. The molecule has 114 valence electrons. The number of amides is 1. The maximum absolute atomic E-state index is 12.5. The first-order chi connectivity index (χ1) is 9.51. The van der Waals surface area contributed by atoms with Gasteiger partial charge in [0, 0.05) is 25.7 Å². The van der Waals surface area contributed by atoms with Gasteiger partial charge in [-0.15, -0.1) is 0 Å². The van der Waals surface area contributed by atoms with E-state index >= 15 is 0 Å². The Kier molecular flexibility index (Phi) is 6.74. The standard InChI is InChI=1S/C13H24N4O2S/c1-4-6-15-13-16-11(14)10(20-13)12(19)17(9(2)3)7-5-8-18/h9,18H,4-8,14H2,1-3H3,(H,15,16). The van der Waals surface area contributed by atoms with E-state index in [9.17, 15) is 4.79 Å². The lowest BCUT2D eigenvalue weighted by molar-refractivity contribution is 0.0699. The summed E-state index contributed by atoms with van der Waals surface area (Å²) in [7, 11) is 0. The number of nitrogens with one attached hydrogen (secondary N) is 1. The van der Waals surface area contributed by atoms with Gasteiger partial charge in [0.05, 0.1) is 0 Å². The number of nitrogen functional groups attached to an aromatic ring is 1. The van der Waals surface area contributed by atoms with E-state index in [0.29, 0.717) is 23.0 Å². The van der Waals surface area contributed by atoms with Gasteiger partial charge in [0.2, 0.25) is 0 Å². The van der Waals surface area contributed by atoms with Gasteiger partial charge in [0.15, 0.2) is 5.13 Å². The van der Waals surface area contributed by atoms with Crippen LogP contribution in [0.3, 0.4) is 0 Å². The number of rotatable bonds is 8. The summed E-state index contributed by atoms with van der Waals surface area (Å²) in [4.78, 5) is 18.9. The maximum atomic E-state index is 12.5. The molecular formula is C13H24N4O2S. The zero-order chi connectivity index (χ0) is 15.1. The second-order valence-corrected chi connectivity index (χ2v) is 5.83. The van der Waals surface area contributed by atoms with Crippen LogP contribution in [0.4, 0.5) is 10.9 Å². The zero-order valence-electron chi connectivity index (χ0n) is 12.3. The van der Waals surface area contributed by atoms with Crippen molar-refractivity contribution in [1.82, 2.24) is 9.88 Å². The predicted molar refractivity (Wildman–Crippen MR) is 83.2 cm³/mol. The molecule has 0 saturated heterocycles. The lowest BCUT2D eigenvalue weighted by atomic mass is 10.2. The van der Waals surface area contributed by atoms with E-state index in [2.05, 4.69) is 17.2 Å². The first-order valence-electron chi connectivity index (χ1n) is 6.93. The van der Waals surface area contributed by atoms with Crippen LogP contribution in [0.15, 0.2) is 0 Å². The fraction of sp³-hybridized carbons (Fsp3) is 0.692. The Morgan fingerprint density at radius 3 is 2.80 bits per heavy atom. The van der Waals surface area contributed by atoms with Crippen LogP contribution in [-0.4, -0.2) is 46.6 Å². The van der Waals surface area contributed by atoms with Crippen molar-refractivity contribution < 1.29 is 9.90 Å². The van der Waals surface area contributed by atoms with E-state index in [1.54, 1.807) is 4.90 Å². The largest absolute Gasteiger partial charge is 0.396 e. The molecule has 0 saturated carbocycles. The molecule has 1 amide bonds. The first kappa shape index (κ1) is 16.7. The van der Waals surface area contributed by atoms with E-state index < -0.39 is 0 Å². The Labute approximate surface area is 124 Å². The van der Waals surface area contributed by atoms with Gasteiger partial charge in [-0.2, -0.15) is 0 Å². The highest BCUT2D eigenvalue weighted by Gasteiger charge is 2.23. The summed E-state index contributed by atoms with van der Waals surface area (Å²) in [6, 6.07) is 0.0580. The zero-order valence-corrected chi connectivity index (χ0v) is 13.2. The minimum atomic E-state index is -0.118. The molecule has 7 heteroatoms. The molecule has 1 rings (SSSR count). The lowest BCUT2D eigenvalue weighted by Crippen LogP contribution is -2.38. The molecule has 1 aromatic rings. The monoisotopic (exact) mass is 300 g/mol. The van der Waals surface area contributed by atoms with Crippen LogP contribution < -0.4 is 11.1 Å². The summed E-state index contributed by atoms with van der Waals surface area (Å²) in [5.74, 6) is 0.154. The number of hydrogen-bond acceptors (Lipinski definition) is 6. The number of hydrogen-bond donors (Lipinski definition) is 3. The number of nitrogens with zero attached hydrogens (tertiary/aromatic N) is 2. The molecule has 0 spiro atoms. The van der Waals surface area contributed by atoms with Crippen LogP contribution in [-0.2, 0) is 0 Å². The van der Waals surface area contributed by atoms with E-state index in [0.717, 1.165) is 13.0 Å². The average Bonchev–Trinajstić information content (AvgIpc) is 2.77. The molecular weight excluding hydrogens is 276 g/mol. The van der Waals surface area contributed by atoms with Crippen molar-refractivity contribution in [3.05, 3.63) is 4.88 Å². The summed E-state index contributed by atoms with van der Waals surface area (Å²) >= 11 is 1.29. The van der Waals surface area contributed by atoms with Crippen LogP contribution in [0.1, 0.15) is 43.3 Å². The summed E-state index contributed by atoms with van der Waals surface area (Å²) < 4.78 is 0. The van der Waals surface area contributed by atoms with E-state index in [1.807, 2.05) is 13.8 Å². The number of aliphatic hydroxyl groups excluding tert-OH is 1. The van der Waals surface area contributed by atoms with Crippen molar-refractivity contribution in [2.75, 3.05) is 30.7 Å². The molecule has 0 radical (unpaired) electrons. The van der Waals surface area contributed by atoms with Gasteiger partial charge in [-0.05, 0) is 26.7 Å². The van der Waals surface area contributed by atoms with E-state index in [1.165, 1.54) is 11.3 Å². The Bertz CT molecular complexity index is 434. The van der Waals surface area contributed by atoms with Gasteiger partial charge >= 0.3 is 0 Å². The molecule has 0 fully saturated rings. The third kappa shape index (κ3) is 4.35. The number of thiazole rings is 1. The molecule has 0 aliphatic carbocycles. The molecule has 0 unspecified atom stereocenters. The van der Waals surface area contributed by atoms with Crippen LogP contribution in [0, 0.1) is 0 Å². The van der Waals surface area contributed by atoms with Crippen LogP contribution in [0.2, 0.25) is 0 Å². The second kappa shape index (κ2) is 8.06. The molecule has 0 atom stereocenters. The van der Waals surface area contributed by atoms with Gasteiger partial charge in [0.1, 0.15) is 10.7 Å². The SMILES string of the molecule is CCCNc1nc(N)c(C(=O)N(CCCO)C(C)C)s1. The first-order valence-corrected chi connectivity index (χ1v) is 7.74. The highest BCUT2D eigenvalue weighted by Crippen LogP contribution is 2.27. The third-order valence-electron chi connectivity index (χ3n) is 2.82. The minimum Gasteiger partial charge on any atom is -0.396 e. The fourth-order valence-electron chi connectivity index (χ4n) is 1.76. The number of aliphatic hydroxyl groups is 1. The molecule has 0 aliphatic heterocycles. The topological polar surface area (TPSA) is 91.5 Å². The molecule has 1 heterocycles. The number of carbonyl (C=O) groups excluding carboxylic acids is 1. The Balaban J connectivity index is 2.85. The Morgan fingerprint density at radius 1 is 1.55 bits per heavy atom. The predicted octanol–water partition coefficient (Wildman–Crippen LogP) is 1.78. The molecule has 0 aliphatic rings. The van der Waals surface area contributed by atoms with Crippen LogP contribution >= 0.6 is 11.3 Å². The Morgan fingerprint density at radius 2 is 2.25 bits per heavy atom. The van der Waals surface area contributed by atoms with Gasteiger partial charge in [0.25, 0.3) is 5.91 Å². The van der Waals surface area contributed by atoms with Crippen molar-refractivity contribution in [1.29, 1.82) is 0 Å². The summed E-state index contributed by atoms with van der Waals surface area (Å²) in [6.45, 7) is 7.34. The summed E-state index contributed by atoms with van der Waals surface area (Å²) in [5.41, 5.74) is 5.84. The highest BCUT2D eigenvalue weighted by atomic mass is 32.1. The molecule has 4 N–H and O–H groups in total. The van der Waals surface area contributed by atoms with Gasteiger partial charge in [-0.25, -0.2) is 4.98 Å². The van der Waals surface area contributed by atoms with Gasteiger partial charge in [-0.1, -0.05) is 18.3 Å². The van der Waals surface area contributed by atoms with E-state index in [-0.39, 0.29) is 24.4 Å². The smallest absolute Gasteiger partial charge is 0.268 e. The maximum Gasteiger partial charge on any atom is 0.268 e. The van der Waals surface area contributed by atoms with Crippen molar-refractivity contribution in [2.24, 2.45) is 0 Å². The van der Waals surface area contributed by atoms with Crippen LogP contribution in [0.25, 0.3) is 0 Å². The summed E-state index contributed by atoms with van der Waals surface area (Å²) in [6.07, 6.45) is 1.54. The van der Waals surface area contributed by atoms with Gasteiger partial charge < -0.3 is 21.1 Å². The van der Waals surface area contributed by atoms with Crippen molar-refractivity contribution in [3.63, 3.8) is 0 Å². The van der Waals surface area contributed by atoms with Crippen molar-refractivity contribution in [3.8, 4) is 0 Å². The normalized spacial score (nSPS) is 10.8. The quantitative estimate of drug-likeness (QED) is 0.680. The van der Waals surface area contributed by atoms with Crippen LogP contribution in [0.5, 0.6) is 0 Å². The molecule has 6 nitrogen and oxygen atoms in total. The lowest BCUT2D eigenvalue weighted by Gasteiger charge is -2.26. The molecule has 0 aromatic carbocycles. The number of anilines is 2. The van der Waals surface area contributed by atoms with E-state index in [4.69, 9.17) is 10.8 Å². The second-order valence-electron chi connectivity index (χ2n) is 4.83. The molecule has 0 bridgehead atoms. The minimum absolute atomic E-state index is 0.0580. The highest BCUT2D eigenvalue weighted by molar-refractivity contribution is 7.18. The average molecular weight is 300 g/mol. The van der Waals surface area contributed by atoms with Gasteiger partial charge in [-0.3, -0.25) is 4.79 Å². The number of carbonyl (C=O) groups is 1. The number of nitrogens with two attached hydrogens (primary N) is 1. The Hall–Kier alpha value is -1.34.